The summed E-state index contributed by atoms with van der Waals surface area (Å²) in [5.41, 5.74) is 19.0. The Morgan fingerprint density at radius 1 is 0.622 bits per heavy atom. The maximum atomic E-state index is 3.89. The van der Waals surface area contributed by atoms with Crippen LogP contribution in [0.15, 0.2) is 97.1 Å². The second-order valence-corrected chi connectivity index (χ2v) is 15.5. The van der Waals surface area contributed by atoms with Crippen LogP contribution in [0.4, 0.5) is 28.4 Å². The fraction of sp³-hybridized carbons (Fsp3) is 0.286. The Morgan fingerprint density at radius 2 is 1.29 bits per heavy atom. The van der Waals surface area contributed by atoms with Gasteiger partial charge in [0.2, 0.25) is 0 Å². The lowest BCUT2D eigenvalue weighted by Gasteiger charge is -2.46. The number of aryl methyl sites for hydroxylation is 1. The van der Waals surface area contributed by atoms with Crippen LogP contribution >= 0.6 is 0 Å². The van der Waals surface area contributed by atoms with E-state index in [2.05, 4.69) is 156 Å². The molecular formula is C42H43BN2. The zero-order valence-corrected chi connectivity index (χ0v) is 27.8. The number of nitrogens with zero attached hydrogens (tertiary/aromatic N) is 1. The molecule has 0 saturated heterocycles. The lowest BCUT2D eigenvalue weighted by molar-refractivity contribution is 0.332. The van der Waals surface area contributed by atoms with E-state index in [1.54, 1.807) is 0 Å². The predicted molar refractivity (Wildman–Crippen MR) is 195 cm³/mol. The summed E-state index contributed by atoms with van der Waals surface area (Å²) < 4.78 is 0. The standard InChI is InChI=1S/C42H43BN2/c1-26-22-29(28-24-32-33(41(4,5)21-20-40(32,2)3)25-35(28)44-27-14-9-8-10-15-27)38-37(23-26)45-36-19-12-11-16-30(36)42(6,7)31-17-13-18-34(43-38)39(31)45/h8-19,22-25,43-44H,20-21H2,1-7H3. The molecule has 5 aromatic carbocycles. The Hall–Kier alpha value is -4.24. The zero-order chi connectivity index (χ0) is 31.3. The summed E-state index contributed by atoms with van der Waals surface area (Å²) >= 11 is 0. The highest BCUT2D eigenvalue weighted by Gasteiger charge is 2.42. The molecule has 0 unspecified atom stereocenters. The van der Waals surface area contributed by atoms with Gasteiger partial charge in [-0.25, -0.2) is 0 Å². The highest BCUT2D eigenvalue weighted by molar-refractivity contribution is 6.73. The summed E-state index contributed by atoms with van der Waals surface area (Å²) in [6.45, 7) is 16.7. The van der Waals surface area contributed by atoms with Crippen molar-refractivity contribution in [2.45, 2.75) is 77.6 Å². The maximum Gasteiger partial charge on any atom is 0.198 e. The van der Waals surface area contributed by atoms with Gasteiger partial charge in [0.15, 0.2) is 7.28 Å². The largest absolute Gasteiger partial charge is 0.355 e. The Morgan fingerprint density at radius 3 is 2.04 bits per heavy atom. The third kappa shape index (κ3) is 4.23. The molecule has 0 spiro atoms. The van der Waals surface area contributed by atoms with Crippen LogP contribution in [0.2, 0.25) is 0 Å². The van der Waals surface area contributed by atoms with Crippen molar-refractivity contribution >= 4 is 46.6 Å². The quantitative estimate of drug-likeness (QED) is 0.208. The smallest absolute Gasteiger partial charge is 0.198 e. The molecule has 3 heteroatoms. The fourth-order valence-corrected chi connectivity index (χ4v) is 8.45. The summed E-state index contributed by atoms with van der Waals surface area (Å²) in [5.74, 6) is 0. The van der Waals surface area contributed by atoms with Crippen molar-refractivity contribution in [3.8, 4) is 11.1 Å². The molecule has 5 aromatic rings. The fourth-order valence-electron chi connectivity index (χ4n) is 8.45. The molecule has 45 heavy (non-hydrogen) atoms. The first-order valence-corrected chi connectivity index (χ1v) is 16.6. The van der Waals surface area contributed by atoms with Crippen LogP contribution in [0.1, 0.15) is 82.2 Å². The first-order valence-electron chi connectivity index (χ1n) is 16.6. The topological polar surface area (TPSA) is 15.3 Å². The molecule has 2 heterocycles. The molecule has 2 aliphatic heterocycles. The SMILES string of the molecule is Cc1cc(-c2cc3c(cc2Nc2ccccc2)C(C)(C)CCC3(C)C)c2c(c1)N1c3ccccc3C(C)(C)c3cccc(c31)B2. The van der Waals surface area contributed by atoms with Crippen LogP contribution in [0.25, 0.3) is 11.1 Å². The summed E-state index contributed by atoms with van der Waals surface area (Å²) in [7, 11) is 0.916. The Balaban J connectivity index is 1.41. The lowest BCUT2D eigenvalue weighted by Crippen LogP contribution is -2.45. The van der Waals surface area contributed by atoms with E-state index in [1.807, 2.05) is 0 Å². The van der Waals surface area contributed by atoms with E-state index >= 15 is 0 Å². The molecule has 3 aliphatic rings. The zero-order valence-electron chi connectivity index (χ0n) is 27.8. The highest BCUT2D eigenvalue weighted by atomic mass is 15.2. The Kier molecular flexibility index (Phi) is 6.05. The third-order valence-corrected chi connectivity index (χ3v) is 11.1. The minimum atomic E-state index is -0.0632. The van der Waals surface area contributed by atoms with Gasteiger partial charge in [-0.05, 0) is 106 Å². The van der Waals surface area contributed by atoms with Crippen molar-refractivity contribution < 1.29 is 0 Å². The van der Waals surface area contributed by atoms with Crippen molar-refractivity contribution in [3.05, 3.63) is 125 Å². The van der Waals surface area contributed by atoms with E-state index in [0.717, 1.165) is 13.0 Å². The van der Waals surface area contributed by atoms with E-state index < -0.39 is 0 Å². The van der Waals surface area contributed by atoms with Gasteiger partial charge < -0.3 is 10.2 Å². The van der Waals surface area contributed by atoms with E-state index in [-0.39, 0.29) is 16.2 Å². The first kappa shape index (κ1) is 28.3. The number of benzene rings is 5. The average Bonchev–Trinajstić information content (AvgIpc) is 3.02. The van der Waals surface area contributed by atoms with Gasteiger partial charge in [0.25, 0.3) is 0 Å². The summed E-state index contributed by atoms with van der Waals surface area (Å²) in [4.78, 5) is 2.58. The molecule has 0 bridgehead atoms. The number of hydrogen-bond acceptors (Lipinski definition) is 2. The van der Waals surface area contributed by atoms with Crippen LogP contribution in [-0.4, -0.2) is 7.28 Å². The molecule has 1 aliphatic carbocycles. The van der Waals surface area contributed by atoms with Crippen molar-refractivity contribution in [3.63, 3.8) is 0 Å². The number of anilines is 5. The number of rotatable bonds is 3. The molecule has 8 rings (SSSR count). The van der Waals surface area contributed by atoms with Gasteiger partial charge in [-0.15, -0.1) is 0 Å². The Bertz CT molecular complexity index is 2000. The van der Waals surface area contributed by atoms with Gasteiger partial charge in [0, 0.05) is 33.7 Å². The van der Waals surface area contributed by atoms with Crippen LogP contribution in [-0.2, 0) is 16.2 Å². The minimum Gasteiger partial charge on any atom is -0.355 e. The van der Waals surface area contributed by atoms with Gasteiger partial charge in [-0.3, -0.25) is 0 Å². The van der Waals surface area contributed by atoms with Crippen molar-refractivity contribution in [2.24, 2.45) is 0 Å². The van der Waals surface area contributed by atoms with Crippen molar-refractivity contribution in [2.75, 3.05) is 10.2 Å². The van der Waals surface area contributed by atoms with Crippen LogP contribution in [0.5, 0.6) is 0 Å². The molecular weight excluding hydrogens is 543 g/mol. The number of fused-ring (bicyclic) bond motifs is 5. The van der Waals surface area contributed by atoms with Crippen LogP contribution in [0.3, 0.4) is 0 Å². The molecule has 0 saturated carbocycles. The van der Waals surface area contributed by atoms with E-state index in [1.165, 1.54) is 85.5 Å². The molecule has 0 radical (unpaired) electrons. The van der Waals surface area contributed by atoms with Gasteiger partial charge >= 0.3 is 0 Å². The van der Waals surface area contributed by atoms with E-state index in [9.17, 15) is 0 Å². The molecule has 1 N–H and O–H groups in total. The monoisotopic (exact) mass is 586 g/mol. The maximum absolute atomic E-state index is 3.89. The number of para-hydroxylation sites is 3. The molecule has 0 fully saturated rings. The summed E-state index contributed by atoms with van der Waals surface area (Å²) in [6, 6.07) is 36.6. The van der Waals surface area contributed by atoms with Crippen LogP contribution < -0.4 is 21.1 Å². The lowest BCUT2D eigenvalue weighted by atomic mass is 9.55. The minimum absolute atomic E-state index is 0.0632. The average molecular weight is 587 g/mol. The van der Waals surface area contributed by atoms with E-state index in [0.29, 0.717) is 0 Å². The molecule has 0 aromatic heterocycles. The second kappa shape index (κ2) is 9.63. The first-order chi connectivity index (χ1) is 21.5. The molecule has 224 valence electrons. The Labute approximate surface area is 269 Å². The molecule has 0 atom stereocenters. The third-order valence-electron chi connectivity index (χ3n) is 11.1. The number of nitrogens with one attached hydrogen (secondary N) is 1. The van der Waals surface area contributed by atoms with Crippen LogP contribution in [0, 0.1) is 6.92 Å². The molecule has 0 amide bonds. The van der Waals surface area contributed by atoms with Crippen molar-refractivity contribution in [1.82, 2.24) is 0 Å². The number of hydrogen-bond donors (Lipinski definition) is 1. The van der Waals surface area contributed by atoms with Gasteiger partial charge in [-0.1, -0.05) is 108 Å². The van der Waals surface area contributed by atoms with Crippen molar-refractivity contribution in [1.29, 1.82) is 0 Å². The highest BCUT2D eigenvalue weighted by Crippen LogP contribution is 2.53. The van der Waals surface area contributed by atoms with Gasteiger partial charge in [-0.2, -0.15) is 0 Å². The normalized spacial score (nSPS) is 17.7. The second-order valence-electron chi connectivity index (χ2n) is 15.5. The predicted octanol–water partition coefficient (Wildman–Crippen LogP) is 9.56. The van der Waals surface area contributed by atoms with Gasteiger partial charge in [0.1, 0.15) is 0 Å². The van der Waals surface area contributed by atoms with E-state index in [4.69, 9.17) is 0 Å². The summed E-state index contributed by atoms with van der Waals surface area (Å²) in [6.07, 6.45) is 2.39. The van der Waals surface area contributed by atoms with Gasteiger partial charge in [0.05, 0.1) is 5.69 Å². The molecule has 2 nitrogen and oxygen atoms in total. The summed E-state index contributed by atoms with van der Waals surface area (Å²) in [5, 5.41) is 3.89.